The van der Waals surface area contributed by atoms with Gasteiger partial charge in [-0.3, -0.25) is 4.98 Å². The maximum Gasteiger partial charge on any atom is 0.148 e. The lowest BCUT2D eigenvalue weighted by Gasteiger charge is -1.97. The number of oxime groups is 1. The lowest BCUT2D eigenvalue weighted by molar-refractivity contribution is 0.320. The first-order valence-corrected chi connectivity index (χ1v) is 5.02. The molecule has 82 valence electrons. The van der Waals surface area contributed by atoms with Crippen molar-refractivity contribution >= 4 is 6.21 Å². The Kier molecular flexibility index (Phi) is 3.33. The fourth-order valence-electron chi connectivity index (χ4n) is 1.48. The van der Waals surface area contributed by atoms with Crippen LogP contribution < -0.4 is 0 Å². The Morgan fingerprint density at radius 3 is 3.00 bits per heavy atom. The van der Waals surface area contributed by atoms with E-state index in [1.54, 1.807) is 12.5 Å². The monoisotopic (exact) mass is 216 g/mol. The van der Waals surface area contributed by atoms with Gasteiger partial charge in [-0.15, -0.1) is 0 Å². The lowest BCUT2D eigenvalue weighted by atomic mass is 10.1. The highest BCUT2D eigenvalue weighted by atomic mass is 16.4. The van der Waals surface area contributed by atoms with Crippen LogP contribution in [0.2, 0.25) is 0 Å². The first-order chi connectivity index (χ1) is 7.88. The molecular formula is C12H12N2O2. The molecule has 0 unspecified atom stereocenters. The van der Waals surface area contributed by atoms with Crippen molar-refractivity contribution in [3.05, 3.63) is 53.7 Å². The molecule has 0 spiro atoms. The van der Waals surface area contributed by atoms with Gasteiger partial charge >= 0.3 is 0 Å². The molecule has 0 fully saturated rings. The first-order valence-electron chi connectivity index (χ1n) is 5.02. The number of aromatic nitrogens is 1. The minimum atomic E-state index is 0.559. The Balaban J connectivity index is 1.94. The van der Waals surface area contributed by atoms with Gasteiger partial charge in [0.15, 0.2) is 0 Å². The Labute approximate surface area is 93.2 Å². The van der Waals surface area contributed by atoms with Gasteiger partial charge in [0.05, 0.1) is 6.26 Å². The van der Waals surface area contributed by atoms with Gasteiger partial charge in [-0.25, -0.2) is 0 Å². The van der Waals surface area contributed by atoms with Crippen LogP contribution in [0.1, 0.15) is 16.9 Å². The van der Waals surface area contributed by atoms with Gasteiger partial charge in [0.1, 0.15) is 12.0 Å². The average molecular weight is 216 g/mol. The highest BCUT2D eigenvalue weighted by Crippen LogP contribution is 2.09. The summed E-state index contributed by atoms with van der Waals surface area (Å²) in [6, 6.07) is 5.83. The summed E-state index contributed by atoms with van der Waals surface area (Å²) in [5.74, 6) is 0.559. The molecule has 0 amide bonds. The summed E-state index contributed by atoms with van der Waals surface area (Å²) in [5, 5.41) is 11.2. The first kappa shape index (κ1) is 10.4. The summed E-state index contributed by atoms with van der Waals surface area (Å²) in [6.45, 7) is 0. The topological polar surface area (TPSA) is 58.6 Å². The van der Waals surface area contributed by atoms with Gasteiger partial charge in [0.2, 0.25) is 0 Å². The minimum absolute atomic E-state index is 0.559. The molecule has 0 aliphatic heterocycles. The van der Waals surface area contributed by atoms with Crippen molar-refractivity contribution in [3.63, 3.8) is 0 Å². The van der Waals surface area contributed by atoms with Crippen molar-refractivity contribution in [2.75, 3.05) is 0 Å². The van der Waals surface area contributed by atoms with Gasteiger partial charge in [0.25, 0.3) is 0 Å². The van der Waals surface area contributed by atoms with Crippen LogP contribution in [0.25, 0.3) is 0 Å². The van der Waals surface area contributed by atoms with E-state index in [0.29, 0.717) is 5.76 Å². The second-order valence-corrected chi connectivity index (χ2v) is 3.46. The lowest BCUT2D eigenvalue weighted by Crippen LogP contribution is -1.89. The highest BCUT2D eigenvalue weighted by molar-refractivity contribution is 5.75. The Morgan fingerprint density at radius 2 is 2.25 bits per heavy atom. The van der Waals surface area contributed by atoms with Gasteiger partial charge in [-0.2, -0.15) is 0 Å². The number of aryl methyl sites for hydroxylation is 2. The Morgan fingerprint density at radius 1 is 1.38 bits per heavy atom. The van der Waals surface area contributed by atoms with Gasteiger partial charge in [-0.1, -0.05) is 11.2 Å². The third kappa shape index (κ3) is 2.70. The number of hydrogen-bond donors (Lipinski definition) is 1. The fraction of sp³-hybridized carbons (Fsp3) is 0.167. The van der Waals surface area contributed by atoms with Crippen molar-refractivity contribution in [2.45, 2.75) is 12.8 Å². The van der Waals surface area contributed by atoms with Crippen molar-refractivity contribution in [2.24, 2.45) is 5.16 Å². The molecule has 0 radical (unpaired) electrons. The van der Waals surface area contributed by atoms with Crippen LogP contribution in [-0.2, 0) is 12.8 Å². The molecule has 2 heterocycles. The number of rotatable bonds is 4. The number of furan rings is 1. The van der Waals surface area contributed by atoms with Gasteiger partial charge in [0, 0.05) is 12.4 Å². The molecule has 0 saturated carbocycles. The smallest absolute Gasteiger partial charge is 0.148 e. The highest BCUT2D eigenvalue weighted by Gasteiger charge is 2.00. The normalized spacial score (nSPS) is 11.0. The molecule has 0 atom stereocenters. The summed E-state index contributed by atoms with van der Waals surface area (Å²) in [4.78, 5) is 4.05. The van der Waals surface area contributed by atoms with Crippen LogP contribution in [-0.4, -0.2) is 16.4 Å². The van der Waals surface area contributed by atoms with Crippen LogP contribution in [0, 0.1) is 0 Å². The predicted molar refractivity (Wildman–Crippen MR) is 59.7 cm³/mol. The van der Waals surface area contributed by atoms with Crippen molar-refractivity contribution in [3.8, 4) is 0 Å². The van der Waals surface area contributed by atoms with Crippen molar-refractivity contribution in [1.82, 2.24) is 4.98 Å². The average Bonchev–Trinajstić information content (AvgIpc) is 2.76. The van der Waals surface area contributed by atoms with E-state index in [2.05, 4.69) is 10.1 Å². The zero-order chi connectivity index (χ0) is 11.2. The predicted octanol–water partition coefficient (Wildman–Crippen LogP) is 2.27. The molecule has 16 heavy (non-hydrogen) atoms. The third-order valence-electron chi connectivity index (χ3n) is 2.28. The van der Waals surface area contributed by atoms with Crippen LogP contribution in [0.5, 0.6) is 0 Å². The maximum absolute atomic E-state index is 8.34. The largest absolute Gasteiger partial charge is 0.463 e. The van der Waals surface area contributed by atoms with E-state index in [4.69, 9.17) is 9.62 Å². The van der Waals surface area contributed by atoms with E-state index in [0.717, 1.165) is 18.4 Å². The SMILES string of the molecule is O/N=C\c1cc(CCc2cccnc2)co1. The second-order valence-electron chi connectivity index (χ2n) is 3.46. The summed E-state index contributed by atoms with van der Waals surface area (Å²) >= 11 is 0. The fourth-order valence-corrected chi connectivity index (χ4v) is 1.48. The zero-order valence-electron chi connectivity index (χ0n) is 8.71. The summed E-state index contributed by atoms with van der Waals surface area (Å²) in [6.07, 6.45) is 8.37. The molecule has 2 aromatic rings. The standard InChI is InChI=1S/C12H12N2O2/c15-14-8-12-6-11(9-16-12)4-3-10-2-1-5-13-7-10/h1-2,5-9,15H,3-4H2/b14-8-. The van der Waals surface area contributed by atoms with Crippen molar-refractivity contribution in [1.29, 1.82) is 0 Å². The van der Waals surface area contributed by atoms with E-state index in [1.165, 1.54) is 11.8 Å². The molecule has 0 saturated heterocycles. The molecule has 4 nitrogen and oxygen atoms in total. The van der Waals surface area contributed by atoms with Crippen LogP contribution >= 0.6 is 0 Å². The molecule has 1 N–H and O–H groups in total. The van der Waals surface area contributed by atoms with E-state index in [-0.39, 0.29) is 0 Å². The summed E-state index contributed by atoms with van der Waals surface area (Å²) in [7, 11) is 0. The molecule has 2 rings (SSSR count). The Hall–Kier alpha value is -2.10. The molecular weight excluding hydrogens is 204 g/mol. The second kappa shape index (κ2) is 5.11. The van der Waals surface area contributed by atoms with Crippen LogP contribution in [0.15, 0.2) is 46.4 Å². The van der Waals surface area contributed by atoms with Gasteiger partial charge in [-0.05, 0) is 36.1 Å². The minimum Gasteiger partial charge on any atom is -0.463 e. The van der Waals surface area contributed by atoms with E-state index >= 15 is 0 Å². The number of nitrogens with zero attached hydrogens (tertiary/aromatic N) is 2. The number of pyridine rings is 1. The number of hydrogen-bond acceptors (Lipinski definition) is 4. The summed E-state index contributed by atoms with van der Waals surface area (Å²) in [5.41, 5.74) is 2.28. The van der Waals surface area contributed by atoms with Crippen molar-refractivity contribution < 1.29 is 9.62 Å². The Bertz CT molecular complexity index is 463. The zero-order valence-corrected chi connectivity index (χ0v) is 8.71. The summed E-state index contributed by atoms with van der Waals surface area (Å²) < 4.78 is 5.17. The molecule has 2 aromatic heterocycles. The van der Waals surface area contributed by atoms with Crippen LogP contribution in [0.4, 0.5) is 0 Å². The molecule has 0 aliphatic carbocycles. The maximum atomic E-state index is 8.34. The van der Waals surface area contributed by atoms with Crippen LogP contribution in [0.3, 0.4) is 0 Å². The van der Waals surface area contributed by atoms with E-state index in [1.807, 2.05) is 24.4 Å². The molecule has 0 aliphatic rings. The van der Waals surface area contributed by atoms with Gasteiger partial charge < -0.3 is 9.62 Å². The van der Waals surface area contributed by atoms with E-state index < -0.39 is 0 Å². The third-order valence-corrected chi connectivity index (χ3v) is 2.28. The molecule has 4 heteroatoms. The quantitative estimate of drug-likeness (QED) is 0.484. The molecule has 0 bridgehead atoms. The van der Waals surface area contributed by atoms with E-state index in [9.17, 15) is 0 Å². The molecule has 0 aromatic carbocycles.